The number of carbonyl (C=O) groups excluding carboxylic acids is 1. The molecule has 0 unspecified atom stereocenters. The van der Waals surface area contributed by atoms with Crippen LogP contribution in [0.2, 0.25) is 5.02 Å². The van der Waals surface area contributed by atoms with Crippen molar-refractivity contribution >= 4 is 45.3 Å². The molecule has 0 saturated heterocycles. The van der Waals surface area contributed by atoms with Crippen molar-refractivity contribution in [1.29, 1.82) is 0 Å². The average Bonchev–Trinajstić information content (AvgIpc) is 2.56. The second-order valence-electron chi connectivity index (χ2n) is 4.84. The van der Waals surface area contributed by atoms with E-state index in [9.17, 15) is 4.79 Å². The summed E-state index contributed by atoms with van der Waals surface area (Å²) in [5.74, 6) is 0.150. The van der Waals surface area contributed by atoms with Gasteiger partial charge in [0.15, 0.2) is 0 Å². The Labute approximate surface area is 153 Å². The molecule has 0 spiro atoms. The van der Waals surface area contributed by atoms with Gasteiger partial charge in [0.2, 0.25) is 6.10 Å². The number of carbonyl (C=O) groups is 1. The third kappa shape index (κ3) is 4.97. The van der Waals surface area contributed by atoms with Crippen LogP contribution in [-0.2, 0) is 9.63 Å². The predicted molar refractivity (Wildman–Crippen MR) is 98.9 cm³/mol. The van der Waals surface area contributed by atoms with Gasteiger partial charge in [-0.3, -0.25) is 4.79 Å². The fourth-order valence-corrected chi connectivity index (χ4v) is 2.38. The molecule has 5 nitrogen and oxygen atoms in total. The van der Waals surface area contributed by atoms with Crippen LogP contribution in [0.4, 0.5) is 5.69 Å². The minimum atomic E-state index is -0.785. The number of benzene rings is 2. The van der Waals surface area contributed by atoms with Crippen molar-refractivity contribution in [3.63, 3.8) is 0 Å². The standard InChI is InChI=1S/C17H16BrClN2O3/c1-11(24-20-10-12-5-3-4-6-14(12)18)17(22)21-15-9-13(19)7-8-16(15)23-2/h3-11H,1-2H3,(H,21,22)/b20-10-/t11-/m0/s1. The summed E-state index contributed by atoms with van der Waals surface area (Å²) in [6, 6.07) is 12.5. The molecule has 0 fully saturated rings. The maximum absolute atomic E-state index is 12.2. The Kier molecular flexibility index (Phi) is 6.63. The van der Waals surface area contributed by atoms with Crippen LogP contribution in [0.25, 0.3) is 0 Å². The zero-order valence-corrected chi connectivity index (χ0v) is 15.5. The van der Waals surface area contributed by atoms with Crippen molar-refractivity contribution in [2.45, 2.75) is 13.0 Å². The lowest BCUT2D eigenvalue weighted by atomic mass is 10.2. The monoisotopic (exact) mass is 410 g/mol. The lowest BCUT2D eigenvalue weighted by Crippen LogP contribution is -2.26. The highest BCUT2D eigenvalue weighted by atomic mass is 79.9. The van der Waals surface area contributed by atoms with E-state index in [1.807, 2.05) is 24.3 Å². The topological polar surface area (TPSA) is 59.9 Å². The quantitative estimate of drug-likeness (QED) is 0.563. The van der Waals surface area contributed by atoms with Gasteiger partial charge in [0.05, 0.1) is 19.0 Å². The van der Waals surface area contributed by atoms with E-state index in [1.54, 1.807) is 25.1 Å². The van der Waals surface area contributed by atoms with E-state index in [0.29, 0.717) is 16.5 Å². The third-order valence-corrected chi connectivity index (χ3v) is 4.06. The fourth-order valence-electron chi connectivity index (χ4n) is 1.82. The Bertz CT molecular complexity index is 752. The number of oxime groups is 1. The third-order valence-electron chi connectivity index (χ3n) is 3.10. The van der Waals surface area contributed by atoms with Gasteiger partial charge in [0.25, 0.3) is 5.91 Å². The highest BCUT2D eigenvalue weighted by Gasteiger charge is 2.16. The summed E-state index contributed by atoms with van der Waals surface area (Å²) < 4.78 is 6.07. The van der Waals surface area contributed by atoms with Crippen LogP contribution in [0, 0.1) is 0 Å². The molecule has 7 heteroatoms. The molecular formula is C17H16BrClN2O3. The van der Waals surface area contributed by atoms with Crippen molar-refractivity contribution in [2.75, 3.05) is 12.4 Å². The number of nitrogens with one attached hydrogen (secondary N) is 1. The van der Waals surface area contributed by atoms with Crippen LogP contribution in [0.15, 0.2) is 52.1 Å². The summed E-state index contributed by atoms with van der Waals surface area (Å²) >= 11 is 9.34. The zero-order valence-electron chi connectivity index (χ0n) is 13.1. The van der Waals surface area contributed by atoms with Gasteiger partial charge in [-0.2, -0.15) is 0 Å². The molecule has 1 atom stereocenters. The molecule has 0 saturated carbocycles. The van der Waals surface area contributed by atoms with Gasteiger partial charge < -0.3 is 14.9 Å². The molecule has 24 heavy (non-hydrogen) atoms. The van der Waals surface area contributed by atoms with Crippen molar-refractivity contribution in [3.05, 3.63) is 57.5 Å². The maximum atomic E-state index is 12.2. The maximum Gasteiger partial charge on any atom is 0.268 e. The Morgan fingerprint density at radius 2 is 2.08 bits per heavy atom. The normalized spacial score (nSPS) is 12.0. The molecule has 1 N–H and O–H groups in total. The molecule has 2 aromatic carbocycles. The van der Waals surface area contributed by atoms with E-state index in [0.717, 1.165) is 10.0 Å². The number of nitrogens with zero attached hydrogens (tertiary/aromatic N) is 1. The number of hydrogen-bond acceptors (Lipinski definition) is 4. The van der Waals surface area contributed by atoms with Crippen LogP contribution >= 0.6 is 27.5 Å². The molecule has 0 heterocycles. The number of amides is 1. The molecule has 0 bridgehead atoms. The highest BCUT2D eigenvalue weighted by molar-refractivity contribution is 9.10. The van der Waals surface area contributed by atoms with Crippen LogP contribution in [0.5, 0.6) is 5.75 Å². The summed E-state index contributed by atoms with van der Waals surface area (Å²) in [7, 11) is 1.51. The lowest BCUT2D eigenvalue weighted by Gasteiger charge is -2.13. The van der Waals surface area contributed by atoms with Gasteiger partial charge in [-0.15, -0.1) is 0 Å². The molecule has 0 aliphatic heterocycles. The van der Waals surface area contributed by atoms with Crippen LogP contribution in [0.3, 0.4) is 0 Å². The molecule has 0 radical (unpaired) electrons. The van der Waals surface area contributed by atoms with Crippen molar-refractivity contribution in [3.8, 4) is 5.75 Å². The first kappa shape index (κ1) is 18.3. The van der Waals surface area contributed by atoms with Crippen molar-refractivity contribution in [1.82, 2.24) is 0 Å². The molecule has 1 amide bonds. The molecule has 126 valence electrons. The van der Waals surface area contributed by atoms with Gasteiger partial charge in [-0.25, -0.2) is 0 Å². The SMILES string of the molecule is COc1ccc(Cl)cc1NC(=O)[C@H](C)O/N=C\c1ccccc1Br. The molecule has 0 aromatic heterocycles. The number of hydrogen-bond donors (Lipinski definition) is 1. The minimum Gasteiger partial charge on any atom is -0.495 e. The second-order valence-corrected chi connectivity index (χ2v) is 6.13. The largest absolute Gasteiger partial charge is 0.495 e. The Balaban J connectivity index is 1.98. The summed E-state index contributed by atoms with van der Waals surface area (Å²) in [6.07, 6.45) is 0.751. The molecule has 2 rings (SSSR count). The first-order valence-electron chi connectivity index (χ1n) is 7.09. The summed E-state index contributed by atoms with van der Waals surface area (Å²) in [5, 5.41) is 7.05. The van der Waals surface area contributed by atoms with Crippen molar-refractivity contribution < 1.29 is 14.4 Å². The average molecular weight is 412 g/mol. The fraction of sp³-hybridized carbons (Fsp3) is 0.176. The van der Waals surface area contributed by atoms with E-state index >= 15 is 0 Å². The molecular weight excluding hydrogens is 396 g/mol. The number of anilines is 1. The van der Waals surface area contributed by atoms with Crippen LogP contribution in [-0.4, -0.2) is 25.3 Å². The van der Waals surface area contributed by atoms with Crippen LogP contribution < -0.4 is 10.1 Å². The van der Waals surface area contributed by atoms with Crippen molar-refractivity contribution in [2.24, 2.45) is 5.16 Å². The zero-order chi connectivity index (χ0) is 17.5. The summed E-state index contributed by atoms with van der Waals surface area (Å²) in [6.45, 7) is 1.60. The van der Waals surface area contributed by atoms with E-state index in [1.165, 1.54) is 13.3 Å². The van der Waals surface area contributed by atoms with E-state index in [4.69, 9.17) is 21.2 Å². The highest BCUT2D eigenvalue weighted by Crippen LogP contribution is 2.27. The minimum absolute atomic E-state index is 0.361. The van der Waals surface area contributed by atoms with Gasteiger partial charge in [0, 0.05) is 15.1 Å². The Morgan fingerprint density at radius 3 is 2.79 bits per heavy atom. The van der Waals surface area contributed by atoms with E-state index in [2.05, 4.69) is 26.4 Å². The first-order valence-corrected chi connectivity index (χ1v) is 8.26. The predicted octanol–water partition coefficient (Wildman–Crippen LogP) is 4.49. The number of methoxy groups -OCH3 is 1. The van der Waals surface area contributed by atoms with Gasteiger partial charge in [-0.1, -0.05) is 50.9 Å². The lowest BCUT2D eigenvalue weighted by molar-refractivity contribution is -0.126. The van der Waals surface area contributed by atoms with Crippen LogP contribution in [0.1, 0.15) is 12.5 Å². The first-order chi connectivity index (χ1) is 11.5. The number of rotatable bonds is 6. The van der Waals surface area contributed by atoms with E-state index in [-0.39, 0.29) is 5.91 Å². The number of halogens is 2. The smallest absolute Gasteiger partial charge is 0.268 e. The second kappa shape index (κ2) is 8.70. The van der Waals surface area contributed by atoms with E-state index < -0.39 is 6.10 Å². The summed E-state index contributed by atoms with van der Waals surface area (Å²) in [4.78, 5) is 17.4. The number of ether oxygens (including phenoxy) is 1. The molecule has 0 aliphatic rings. The Hall–Kier alpha value is -2.05. The molecule has 0 aliphatic carbocycles. The summed E-state index contributed by atoms with van der Waals surface area (Å²) in [5.41, 5.74) is 1.32. The van der Waals surface area contributed by atoms with Gasteiger partial charge >= 0.3 is 0 Å². The molecule has 2 aromatic rings. The Morgan fingerprint density at radius 1 is 1.33 bits per heavy atom. The van der Waals surface area contributed by atoms with Gasteiger partial charge in [0.1, 0.15) is 5.75 Å². The van der Waals surface area contributed by atoms with Gasteiger partial charge in [-0.05, 0) is 31.2 Å².